The Balaban J connectivity index is 2.06. The van der Waals surface area contributed by atoms with E-state index in [2.05, 4.69) is 36.3 Å². The van der Waals surface area contributed by atoms with E-state index in [4.69, 9.17) is 0 Å². The first kappa shape index (κ1) is 10.6. The molecule has 0 spiro atoms. The minimum Gasteiger partial charge on any atom is -0.298 e. The smallest absolute Gasteiger partial charge is 0.0980 e. The molecular formula is C12H16N2S. The lowest BCUT2D eigenvalue weighted by molar-refractivity contribution is 0.356. The number of hydrogen-bond acceptors (Lipinski definition) is 3. The normalized spacial score (nSPS) is 21.3. The molecule has 80 valence electrons. The molecule has 1 unspecified atom stereocenters. The number of benzene rings is 1. The van der Waals surface area contributed by atoms with E-state index in [0.717, 1.165) is 13.0 Å². The fourth-order valence-electron chi connectivity index (χ4n) is 1.74. The maximum atomic E-state index is 4.54. The predicted octanol–water partition coefficient (Wildman–Crippen LogP) is 2.61. The van der Waals surface area contributed by atoms with E-state index in [1.54, 1.807) is 0 Å². The summed E-state index contributed by atoms with van der Waals surface area (Å²) in [6, 6.07) is 10.5. The predicted molar refractivity (Wildman–Crippen MR) is 67.3 cm³/mol. The first-order chi connectivity index (χ1) is 7.24. The Labute approximate surface area is 95.4 Å². The van der Waals surface area contributed by atoms with Crippen LogP contribution in [0.1, 0.15) is 12.5 Å². The van der Waals surface area contributed by atoms with E-state index in [9.17, 15) is 0 Å². The van der Waals surface area contributed by atoms with E-state index < -0.39 is 0 Å². The number of thioether (sulfide) groups is 1. The standard InChI is InChI=1S/C12H16N2S/c1-10-9-14(2)13-12(15-10)8-11-6-4-3-5-7-11/h3-7,10H,8-9H2,1-2H3. The van der Waals surface area contributed by atoms with Gasteiger partial charge in [0.05, 0.1) is 5.04 Å². The minimum atomic E-state index is 0.645. The molecule has 0 fully saturated rings. The summed E-state index contributed by atoms with van der Waals surface area (Å²) in [6.07, 6.45) is 0.959. The molecule has 1 aliphatic heterocycles. The van der Waals surface area contributed by atoms with Gasteiger partial charge in [-0.15, -0.1) is 11.8 Å². The summed E-state index contributed by atoms with van der Waals surface area (Å²) in [5, 5.41) is 8.45. The van der Waals surface area contributed by atoms with Crippen molar-refractivity contribution in [2.24, 2.45) is 5.10 Å². The molecule has 0 amide bonds. The van der Waals surface area contributed by atoms with E-state index in [1.165, 1.54) is 10.6 Å². The van der Waals surface area contributed by atoms with Crippen molar-refractivity contribution in [3.8, 4) is 0 Å². The Bertz CT molecular complexity index is 348. The second-order valence-corrected chi connectivity index (χ2v) is 5.44. The highest BCUT2D eigenvalue weighted by Crippen LogP contribution is 2.21. The van der Waals surface area contributed by atoms with Crippen molar-refractivity contribution < 1.29 is 0 Å². The zero-order chi connectivity index (χ0) is 10.7. The van der Waals surface area contributed by atoms with Crippen LogP contribution in [0.4, 0.5) is 0 Å². The van der Waals surface area contributed by atoms with Crippen LogP contribution in [0.5, 0.6) is 0 Å². The van der Waals surface area contributed by atoms with Gasteiger partial charge in [-0.05, 0) is 5.56 Å². The van der Waals surface area contributed by atoms with Gasteiger partial charge in [-0.2, -0.15) is 5.10 Å². The second kappa shape index (κ2) is 4.71. The summed E-state index contributed by atoms with van der Waals surface area (Å²) in [7, 11) is 2.04. The van der Waals surface area contributed by atoms with Crippen LogP contribution < -0.4 is 0 Å². The van der Waals surface area contributed by atoms with Crippen molar-refractivity contribution in [2.45, 2.75) is 18.6 Å². The average Bonchev–Trinajstić information content (AvgIpc) is 2.17. The maximum Gasteiger partial charge on any atom is 0.0980 e. The van der Waals surface area contributed by atoms with E-state index >= 15 is 0 Å². The molecule has 0 N–H and O–H groups in total. The molecule has 2 rings (SSSR count). The van der Waals surface area contributed by atoms with E-state index in [0.29, 0.717) is 5.25 Å². The van der Waals surface area contributed by atoms with Crippen molar-refractivity contribution in [1.29, 1.82) is 0 Å². The maximum absolute atomic E-state index is 4.54. The fourth-order valence-corrected chi connectivity index (χ4v) is 2.94. The molecule has 15 heavy (non-hydrogen) atoms. The van der Waals surface area contributed by atoms with Crippen molar-refractivity contribution in [3.05, 3.63) is 35.9 Å². The topological polar surface area (TPSA) is 15.6 Å². The van der Waals surface area contributed by atoms with Crippen LogP contribution in [0.25, 0.3) is 0 Å². The molecule has 0 aliphatic carbocycles. The van der Waals surface area contributed by atoms with E-state index in [1.807, 2.05) is 29.9 Å². The van der Waals surface area contributed by atoms with Gasteiger partial charge in [-0.1, -0.05) is 37.3 Å². The van der Waals surface area contributed by atoms with Gasteiger partial charge in [0.2, 0.25) is 0 Å². The van der Waals surface area contributed by atoms with Gasteiger partial charge in [0.25, 0.3) is 0 Å². The lowest BCUT2D eigenvalue weighted by Gasteiger charge is -2.25. The van der Waals surface area contributed by atoms with Crippen LogP contribution >= 0.6 is 11.8 Å². The van der Waals surface area contributed by atoms with Crippen molar-refractivity contribution in [3.63, 3.8) is 0 Å². The van der Waals surface area contributed by atoms with Crippen molar-refractivity contribution in [2.75, 3.05) is 13.6 Å². The summed E-state index contributed by atoms with van der Waals surface area (Å²) in [5.41, 5.74) is 1.34. The highest BCUT2D eigenvalue weighted by atomic mass is 32.2. The summed E-state index contributed by atoms with van der Waals surface area (Å²) >= 11 is 1.89. The molecular weight excluding hydrogens is 204 g/mol. The van der Waals surface area contributed by atoms with E-state index in [-0.39, 0.29) is 0 Å². The van der Waals surface area contributed by atoms with Gasteiger partial charge >= 0.3 is 0 Å². The van der Waals surface area contributed by atoms with Gasteiger partial charge in [0.1, 0.15) is 0 Å². The zero-order valence-corrected chi connectivity index (χ0v) is 10.00. The Kier molecular flexibility index (Phi) is 3.31. The molecule has 0 bridgehead atoms. The zero-order valence-electron chi connectivity index (χ0n) is 9.18. The molecule has 1 aromatic carbocycles. The Hall–Kier alpha value is -0.960. The molecule has 0 radical (unpaired) electrons. The Morgan fingerprint density at radius 1 is 1.40 bits per heavy atom. The number of hydrogen-bond donors (Lipinski definition) is 0. The third-order valence-electron chi connectivity index (χ3n) is 2.34. The summed E-state index contributed by atoms with van der Waals surface area (Å²) in [6.45, 7) is 3.30. The number of rotatable bonds is 2. The molecule has 1 heterocycles. The first-order valence-electron chi connectivity index (χ1n) is 5.23. The monoisotopic (exact) mass is 220 g/mol. The van der Waals surface area contributed by atoms with Gasteiger partial charge in [0.15, 0.2) is 0 Å². The molecule has 0 aromatic heterocycles. The van der Waals surface area contributed by atoms with Gasteiger partial charge in [0, 0.05) is 25.3 Å². The van der Waals surface area contributed by atoms with Crippen LogP contribution in [-0.4, -0.2) is 28.9 Å². The van der Waals surface area contributed by atoms with Crippen LogP contribution in [-0.2, 0) is 6.42 Å². The minimum absolute atomic E-state index is 0.645. The van der Waals surface area contributed by atoms with Crippen LogP contribution in [0.2, 0.25) is 0 Å². The summed E-state index contributed by atoms with van der Waals surface area (Å²) in [5.74, 6) is 0. The SMILES string of the molecule is CC1CN(C)N=C(Cc2ccccc2)S1. The van der Waals surface area contributed by atoms with Crippen LogP contribution in [0.15, 0.2) is 35.4 Å². The lowest BCUT2D eigenvalue weighted by Crippen LogP contribution is -2.28. The summed E-state index contributed by atoms with van der Waals surface area (Å²) in [4.78, 5) is 0. The number of hydrazone groups is 1. The molecule has 2 nitrogen and oxygen atoms in total. The highest BCUT2D eigenvalue weighted by Gasteiger charge is 2.16. The van der Waals surface area contributed by atoms with Gasteiger partial charge in [-0.25, -0.2) is 0 Å². The molecule has 1 aromatic rings. The molecule has 1 aliphatic rings. The van der Waals surface area contributed by atoms with Crippen molar-refractivity contribution >= 4 is 16.8 Å². The first-order valence-corrected chi connectivity index (χ1v) is 6.11. The second-order valence-electron chi connectivity index (χ2n) is 3.92. The largest absolute Gasteiger partial charge is 0.298 e. The average molecular weight is 220 g/mol. The molecule has 3 heteroatoms. The van der Waals surface area contributed by atoms with Crippen molar-refractivity contribution in [1.82, 2.24) is 5.01 Å². The fraction of sp³-hybridized carbons (Fsp3) is 0.417. The quantitative estimate of drug-likeness (QED) is 0.761. The molecule has 1 atom stereocenters. The highest BCUT2D eigenvalue weighted by molar-refractivity contribution is 8.14. The third-order valence-corrected chi connectivity index (χ3v) is 3.39. The number of nitrogens with zero attached hydrogens (tertiary/aromatic N) is 2. The molecule has 0 saturated carbocycles. The van der Waals surface area contributed by atoms with Gasteiger partial charge < -0.3 is 0 Å². The third kappa shape index (κ3) is 2.99. The van der Waals surface area contributed by atoms with Crippen LogP contribution in [0.3, 0.4) is 0 Å². The lowest BCUT2D eigenvalue weighted by atomic mass is 10.2. The Morgan fingerprint density at radius 3 is 2.80 bits per heavy atom. The molecule has 0 saturated heterocycles. The summed E-state index contributed by atoms with van der Waals surface area (Å²) < 4.78 is 0. The van der Waals surface area contributed by atoms with Crippen LogP contribution in [0, 0.1) is 0 Å². The Morgan fingerprint density at radius 2 is 2.13 bits per heavy atom. The van der Waals surface area contributed by atoms with Gasteiger partial charge in [-0.3, -0.25) is 5.01 Å².